The van der Waals surface area contributed by atoms with E-state index in [1.54, 1.807) is 0 Å². The highest BCUT2D eigenvalue weighted by atomic mass is 16.5. The van der Waals surface area contributed by atoms with Crippen molar-refractivity contribution >= 4 is 28.3 Å². The number of nitrogens with zero attached hydrogens (tertiary/aromatic N) is 5. The van der Waals surface area contributed by atoms with Crippen LogP contribution in [0.5, 0.6) is 0 Å². The Morgan fingerprint density at radius 1 is 0.769 bits per heavy atom. The lowest BCUT2D eigenvalue weighted by atomic mass is 9.92. The van der Waals surface area contributed by atoms with Crippen LogP contribution in [0.4, 0.5) is 5.69 Å². The summed E-state index contributed by atoms with van der Waals surface area (Å²) in [7, 11) is 0. The molecule has 0 atom stereocenters. The number of benzene rings is 2. The standard InChI is InChI=1S/C31H37N5O3/c1-2-3-12-36-30(37)26-9-5-8-25-28(11-10-27(29(25)26)31(36)38)35-15-13-33(14-16-35)21-23-6-4-7-24(32-23)22-34-17-19-39-20-18-34/h4-11H,2-3,12-22H2,1H3. The molecule has 0 spiro atoms. The van der Waals surface area contributed by atoms with Crippen molar-refractivity contribution in [2.24, 2.45) is 0 Å². The first-order valence-electron chi connectivity index (χ1n) is 14.3. The van der Waals surface area contributed by atoms with Gasteiger partial charge in [-0.05, 0) is 36.8 Å². The number of hydrogen-bond donors (Lipinski definition) is 0. The predicted octanol–water partition coefficient (Wildman–Crippen LogP) is 3.79. The van der Waals surface area contributed by atoms with Crippen molar-refractivity contribution in [1.82, 2.24) is 19.7 Å². The van der Waals surface area contributed by atoms with E-state index in [0.717, 1.165) is 106 Å². The van der Waals surface area contributed by atoms with Crippen LogP contribution >= 0.6 is 0 Å². The summed E-state index contributed by atoms with van der Waals surface area (Å²) in [5, 5.41) is 1.80. The van der Waals surface area contributed by atoms with Gasteiger partial charge in [-0.3, -0.25) is 29.3 Å². The lowest BCUT2D eigenvalue weighted by Crippen LogP contribution is -2.46. The summed E-state index contributed by atoms with van der Waals surface area (Å²) in [5.41, 5.74) is 4.61. The largest absolute Gasteiger partial charge is 0.379 e. The van der Waals surface area contributed by atoms with Crippen LogP contribution in [0.3, 0.4) is 0 Å². The lowest BCUT2D eigenvalue weighted by Gasteiger charge is -2.37. The molecule has 1 aromatic heterocycles. The van der Waals surface area contributed by atoms with Crippen molar-refractivity contribution in [2.75, 3.05) is 63.9 Å². The smallest absolute Gasteiger partial charge is 0.261 e. The van der Waals surface area contributed by atoms with Gasteiger partial charge < -0.3 is 9.64 Å². The van der Waals surface area contributed by atoms with E-state index in [-0.39, 0.29) is 11.8 Å². The molecule has 2 aromatic carbocycles. The predicted molar refractivity (Wildman–Crippen MR) is 152 cm³/mol. The molecule has 2 fully saturated rings. The van der Waals surface area contributed by atoms with Crippen LogP contribution in [-0.2, 0) is 17.8 Å². The fourth-order valence-corrected chi connectivity index (χ4v) is 6.00. The zero-order valence-corrected chi connectivity index (χ0v) is 22.8. The summed E-state index contributed by atoms with van der Waals surface area (Å²) in [5.74, 6) is -0.339. The normalized spacial score (nSPS) is 18.8. The molecule has 0 unspecified atom stereocenters. The first-order valence-corrected chi connectivity index (χ1v) is 14.3. The molecule has 0 radical (unpaired) electrons. The number of carbonyl (C=O) groups excluding carboxylic acids is 2. The van der Waals surface area contributed by atoms with E-state index in [1.165, 1.54) is 4.90 Å². The lowest BCUT2D eigenvalue weighted by molar-refractivity contribution is 0.0336. The van der Waals surface area contributed by atoms with E-state index in [0.29, 0.717) is 17.7 Å². The van der Waals surface area contributed by atoms with Gasteiger partial charge in [-0.2, -0.15) is 0 Å². The van der Waals surface area contributed by atoms with Gasteiger partial charge in [0.1, 0.15) is 0 Å². The molecule has 8 heteroatoms. The summed E-state index contributed by atoms with van der Waals surface area (Å²) < 4.78 is 5.47. The van der Waals surface area contributed by atoms with E-state index < -0.39 is 0 Å². The highest BCUT2D eigenvalue weighted by Crippen LogP contribution is 2.36. The summed E-state index contributed by atoms with van der Waals surface area (Å²) in [6.45, 7) is 11.4. The van der Waals surface area contributed by atoms with Crippen LogP contribution in [0.15, 0.2) is 48.5 Å². The molecule has 0 bridgehead atoms. The van der Waals surface area contributed by atoms with Crippen LogP contribution in [0, 0.1) is 0 Å². The molecule has 2 amide bonds. The van der Waals surface area contributed by atoms with Gasteiger partial charge in [0, 0.05) is 86.5 Å². The number of rotatable bonds is 8. The third-order valence-corrected chi connectivity index (χ3v) is 8.16. The van der Waals surface area contributed by atoms with E-state index in [2.05, 4.69) is 52.0 Å². The molecule has 0 saturated carbocycles. The Morgan fingerprint density at radius 2 is 1.41 bits per heavy atom. The molecule has 0 N–H and O–H groups in total. The Hall–Kier alpha value is -3.33. The molecule has 0 aliphatic carbocycles. The zero-order chi connectivity index (χ0) is 26.8. The van der Waals surface area contributed by atoms with E-state index in [9.17, 15) is 9.59 Å². The molecule has 39 heavy (non-hydrogen) atoms. The summed E-state index contributed by atoms with van der Waals surface area (Å²) in [4.78, 5) is 40.1. The maximum Gasteiger partial charge on any atom is 0.261 e. The van der Waals surface area contributed by atoms with Crippen LogP contribution in [0.25, 0.3) is 10.8 Å². The second-order valence-corrected chi connectivity index (χ2v) is 10.7. The number of pyridine rings is 1. The fourth-order valence-electron chi connectivity index (χ4n) is 6.00. The van der Waals surface area contributed by atoms with Gasteiger partial charge in [0.05, 0.1) is 24.6 Å². The van der Waals surface area contributed by atoms with Crippen molar-refractivity contribution in [3.63, 3.8) is 0 Å². The molecule has 4 heterocycles. The number of aromatic nitrogens is 1. The summed E-state index contributed by atoms with van der Waals surface area (Å²) in [6, 6.07) is 16.2. The van der Waals surface area contributed by atoms with Crippen LogP contribution in [0.1, 0.15) is 51.9 Å². The van der Waals surface area contributed by atoms with Gasteiger partial charge in [0.2, 0.25) is 0 Å². The van der Waals surface area contributed by atoms with E-state index >= 15 is 0 Å². The topological polar surface area (TPSA) is 69.2 Å². The third-order valence-electron chi connectivity index (χ3n) is 8.16. The van der Waals surface area contributed by atoms with Crippen molar-refractivity contribution in [1.29, 1.82) is 0 Å². The Labute approximate surface area is 230 Å². The molecule has 8 nitrogen and oxygen atoms in total. The highest BCUT2D eigenvalue weighted by molar-refractivity contribution is 6.26. The maximum absolute atomic E-state index is 13.2. The minimum Gasteiger partial charge on any atom is -0.379 e. The molecule has 6 rings (SSSR count). The number of unbranched alkanes of at least 4 members (excludes halogenated alkanes) is 1. The Morgan fingerprint density at radius 3 is 2.10 bits per heavy atom. The first kappa shape index (κ1) is 25.9. The number of morpholine rings is 1. The average molecular weight is 528 g/mol. The van der Waals surface area contributed by atoms with Crippen LogP contribution < -0.4 is 4.90 Å². The zero-order valence-electron chi connectivity index (χ0n) is 22.8. The number of hydrogen-bond acceptors (Lipinski definition) is 7. The second-order valence-electron chi connectivity index (χ2n) is 10.7. The number of piperazine rings is 1. The molecular formula is C31H37N5O3. The van der Waals surface area contributed by atoms with Gasteiger partial charge in [0.15, 0.2) is 0 Å². The minimum atomic E-state index is -0.170. The molecule has 3 aliphatic rings. The number of imide groups is 1. The number of carbonyl (C=O) groups is 2. The van der Waals surface area contributed by atoms with Crippen molar-refractivity contribution in [3.8, 4) is 0 Å². The summed E-state index contributed by atoms with van der Waals surface area (Å²) in [6.07, 6.45) is 1.76. The monoisotopic (exact) mass is 527 g/mol. The Kier molecular flexibility index (Phi) is 7.59. The Bertz CT molecular complexity index is 1340. The van der Waals surface area contributed by atoms with E-state index in [1.807, 2.05) is 18.2 Å². The van der Waals surface area contributed by atoms with Gasteiger partial charge in [-0.15, -0.1) is 0 Å². The fraction of sp³-hybridized carbons (Fsp3) is 0.452. The van der Waals surface area contributed by atoms with Crippen LogP contribution in [0.2, 0.25) is 0 Å². The van der Waals surface area contributed by atoms with Crippen molar-refractivity contribution < 1.29 is 14.3 Å². The quantitative estimate of drug-likeness (QED) is 0.413. The molecule has 204 valence electrons. The maximum atomic E-state index is 13.2. The minimum absolute atomic E-state index is 0.170. The van der Waals surface area contributed by atoms with Gasteiger partial charge >= 0.3 is 0 Å². The van der Waals surface area contributed by atoms with Crippen molar-refractivity contribution in [2.45, 2.75) is 32.9 Å². The molecule has 3 aliphatic heterocycles. The third kappa shape index (κ3) is 5.29. The number of amides is 2. The number of ether oxygens (including phenoxy) is 1. The number of anilines is 1. The second kappa shape index (κ2) is 11.4. The van der Waals surface area contributed by atoms with Gasteiger partial charge in [-0.25, -0.2) is 0 Å². The van der Waals surface area contributed by atoms with Gasteiger partial charge in [-0.1, -0.05) is 31.5 Å². The van der Waals surface area contributed by atoms with Crippen molar-refractivity contribution in [3.05, 3.63) is 71.0 Å². The molecule has 2 saturated heterocycles. The SMILES string of the molecule is CCCCN1C(=O)c2cccc3c(N4CCN(Cc5cccc(CN6CCOCC6)n5)CC4)ccc(c23)C1=O. The summed E-state index contributed by atoms with van der Waals surface area (Å²) >= 11 is 0. The molecular weight excluding hydrogens is 490 g/mol. The van der Waals surface area contributed by atoms with Crippen LogP contribution in [-0.4, -0.2) is 90.5 Å². The highest BCUT2D eigenvalue weighted by Gasteiger charge is 2.33. The van der Waals surface area contributed by atoms with Gasteiger partial charge in [0.25, 0.3) is 11.8 Å². The first-order chi connectivity index (χ1) is 19.1. The average Bonchev–Trinajstić information content (AvgIpc) is 2.97. The Balaban J connectivity index is 1.14. The molecule has 3 aromatic rings. The van der Waals surface area contributed by atoms with E-state index in [4.69, 9.17) is 9.72 Å².